The van der Waals surface area contributed by atoms with Crippen molar-refractivity contribution in [1.29, 1.82) is 0 Å². The van der Waals surface area contributed by atoms with Crippen LogP contribution in [0.15, 0.2) is 48.6 Å². The quantitative estimate of drug-likeness (QED) is 0.380. The number of alkyl halides is 3. The Morgan fingerprint density at radius 2 is 1.85 bits per heavy atom. The second kappa shape index (κ2) is 6.27. The van der Waals surface area contributed by atoms with E-state index in [1.807, 2.05) is 12.2 Å². The van der Waals surface area contributed by atoms with Gasteiger partial charge in [0.2, 0.25) is 0 Å². The fourth-order valence-corrected chi connectivity index (χ4v) is 4.32. The van der Waals surface area contributed by atoms with Crippen LogP contribution in [0.1, 0.15) is 35.1 Å². The summed E-state index contributed by atoms with van der Waals surface area (Å²) in [5, 5.41) is 14.2. The maximum atomic E-state index is 13.5. The fourth-order valence-electron chi connectivity index (χ4n) is 4.03. The van der Waals surface area contributed by atoms with E-state index in [9.17, 15) is 23.3 Å². The summed E-state index contributed by atoms with van der Waals surface area (Å²) in [6.45, 7) is 0. The van der Waals surface area contributed by atoms with Crippen molar-refractivity contribution in [1.82, 2.24) is 0 Å². The number of allylic oxidation sites excluding steroid dienone is 2. The van der Waals surface area contributed by atoms with Crippen molar-refractivity contribution in [3.63, 3.8) is 0 Å². The van der Waals surface area contributed by atoms with Gasteiger partial charge in [-0.1, -0.05) is 35.9 Å². The Bertz CT molecular complexity index is 941. The minimum atomic E-state index is -4.52. The van der Waals surface area contributed by atoms with Crippen molar-refractivity contribution >= 4 is 23.0 Å². The van der Waals surface area contributed by atoms with Crippen LogP contribution in [0.2, 0.25) is 5.02 Å². The first-order valence-corrected chi connectivity index (χ1v) is 8.72. The second-order valence-electron chi connectivity index (χ2n) is 6.71. The molecule has 2 aliphatic rings. The lowest BCUT2D eigenvalue weighted by atomic mass is 9.76. The minimum Gasteiger partial charge on any atom is -0.377 e. The van der Waals surface area contributed by atoms with Gasteiger partial charge in [-0.3, -0.25) is 10.1 Å². The smallest absolute Gasteiger partial charge is 0.377 e. The van der Waals surface area contributed by atoms with Crippen molar-refractivity contribution in [2.24, 2.45) is 5.92 Å². The molecule has 27 heavy (non-hydrogen) atoms. The van der Waals surface area contributed by atoms with Crippen LogP contribution in [-0.2, 0) is 6.18 Å². The van der Waals surface area contributed by atoms with Gasteiger partial charge in [-0.25, -0.2) is 0 Å². The second-order valence-corrected chi connectivity index (χ2v) is 7.11. The predicted molar refractivity (Wildman–Crippen MR) is 95.9 cm³/mol. The number of non-ortho nitro benzene ring substituents is 1. The van der Waals surface area contributed by atoms with Crippen molar-refractivity contribution in [2.75, 3.05) is 5.32 Å². The Balaban J connectivity index is 1.83. The molecule has 0 aromatic heterocycles. The largest absolute Gasteiger partial charge is 0.418 e. The van der Waals surface area contributed by atoms with Crippen LogP contribution in [0.4, 0.5) is 24.5 Å². The van der Waals surface area contributed by atoms with E-state index in [0.717, 1.165) is 6.07 Å². The van der Waals surface area contributed by atoms with E-state index in [-0.39, 0.29) is 23.2 Å². The molecule has 0 amide bonds. The SMILES string of the molecule is O=[N+]([O-])c1ccc(C2Nc3c(C(F)(F)F)ccc(Cl)c3C3C=CCC32)cc1. The molecule has 1 N–H and O–H groups in total. The molecule has 4 rings (SSSR count). The molecule has 1 aliphatic carbocycles. The molecule has 0 saturated carbocycles. The van der Waals surface area contributed by atoms with Crippen LogP contribution in [0.3, 0.4) is 0 Å². The normalized spacial score (nSPS) is 23.5. The summed E-state index contributed by atoms with van der Waals surface area (Å²) >= 11 is 6.26. The fraction of sp³-hybridized carbons (Fsp3) is 0.263. The lowest BCUT2D eigenvalue weighted by Gasteiger charge is -2.39. The lowest BCUT2D eigenvalue weighted by Crippen LogP contribution is -2.31. The van der Waals surface area contributed by atoms with E-state index in [4.69, 9.17) is 11.6 Å². The van der Waals surface area contributed by atoms with E-state index in [2.05, 4.69) is 5.32 Å². The summed E-state index contributed by atoms with van der Waals surface area (Å²) < 4.78 is 40.6. The zero-order chi connectivity index (χ0) is 19.3. The highest BCUT2D eigenvalue weighted by molar-refractivity contribution is 6.32. The summed E-state index contributed by atoms with van der Waals surface area (Å²) in [5.41, 5.74) is 0.343. The van der Waals surface area contributed by atoms with Crippen molar-refractivity contribution in [3.05, 3.63) is 80.4 Å². The molecule has 0 fully saturated rings. The number of nitrogens with one attached hydrogen (secondary N) is 1. The Morgan fingerprint density at radius 1 is 1.15 bits per heavy atom. The molecule has 3 unspecified atom stereocenters. The average Bonchev–Trinajstić information content (AvgIpc) is 3.09. The Morgan fingerprint density at radius 3 is 2.48 bits per heavy atom. The number of halogens is 4. The van der Waals surface area contributed by atoms with Gasteiger partial charge in [-0.15, -0.1) is 0 Å². The minimum absolute atomic E-state index is 0.00819. The van der Waals surface area contributed by atoms with Crippen molar-refractivity contribution in [3.8, 4) is 0 Å². The molecule has 2 aromatic rings. The standard InChI is InChI=1S/C19H14ClF3N2O2/c20-15-9-8-14(19(21,22)23)18-16(15)12-2-1-3-13(12)17(24-18)10-4-6-11(7-5-10)25(26)27/h1-2,4-9,12-13,17,24H,3H2. The first kappa shape index (κ1) is 17.9. The number of anilines is 1. The van der Waals surface area contributed by atoms with Gasteiger partial charge >= 0.3 is 6.18 Å². The van der Waals surface area contributed by atoms with E-state index < -0.39 is 22.7 Å². The molecule has 0 radical (unpaired) electrons. The molecular weight excluding hydrogens is 381 g/mol. The number of nitro groups is 1. The first-order valence-electron chi connectivity index (χ1n) is 8.34. The van der Waals surface area contributed by atoms with E-state index in [1.54, 1.807) is 12.1 Å². The van der Waals surface area contributed by atoms with E-state index >= 15 is 0 Å². The molecule has 0 spiro atoms. The molecule has 2 aromatic carbocycles. The molecule has 140 valence electrons. The third-order valence-electron chi connectivity index (χ3n) is 5.23. The molecular formula is C19H14ClF3N2O2. The Labute approximate surface area is 157 Å². The van der Waals surface area contributed by atoms with Crippen LogP contribution in [0.5, 0.6) is 0 Å². The van der Waals surface area contributed by atoms with Gasteiger partial charge in [-0.2, -0.15) is 13.2 Å². The summed E-state index contributed by atoms with van der Waals surface area (Å²) in [6.07, 6.45) is 0.0119. The number of hydrogen-bond acceptors (Lipinski definition) is 3. The number of nitro benzene ring substituents is 1. The molecule has 4 nitrogen and oxygen atoms in total. The number of benzene rings is 2. The van der Waals surface area contributed by atoms with E-state index in [1.165, 1.54) is 18.2 Å². The Hall–Kier alpha value is -2.54. The van der Waals surface area contributed by atoms with Crippen molar-refractivity contribution < 1.29 is 18.1 Å². The maximum absolute atomic E-state index is 13.5. The number of fused-ring (bicyclic) bond motifs is 3. The van der Waals surface area contributed by atoms with Gasteiger partial charge in [0.1, 0.15) is 0 Å². The summed E-state index contributed by atoms with van der Waals surface area (Å²) in [7, 11) is 0. The van der Waals surface area contributed by atoms with Crippen LogP contribution < -0.4 is 5.32 Å². The van der Waals surface area contributed by atoms with Gasteiger partial charge in [0.25, 0.3) is 5.69 Å². The molecule has 1 aliphatic heterocycles. The van der Waals surface area contributed by atoms with Gasteiger partial charge in [0.05, 0.1) is 22.2 Å². The third kappa shape index (κ3) is 2.96. The molecule has 0 saturated heterocycles. The zero-order valence-electron chi connectivity index (χ0n) is 13.8. The highest BCUT2D eigenvalue weighted by Gasteiger charge is 2.44. The highest BCUT2D eigenvalue weighted by atomic mass is 35.5. The predicted octanol–water partition coefficient (Wildman–Crippen LogP) is 6.09. The van der Waals surface area contributed by atoms with Crippen LogP contribution in [-0.4, -0.2) is 4.92 Å². The highest BCUT2D eigenvalue weighted by Crippen LogP contribution is 2.54. The summed E-state index contributed by atoms with van der Waals surface area (Å²) in [5.74, 6) is -0.254. The van der Waals surface area contributed by atoms with Crippen LogP contribution in [0, 0.1) is 16.0 Å². The first-order chi connectivity index (χ1) is 12.8. The van der Waals surface area contributed by atoms with E-state index in [0.29, 0.717) is 22.6 Å². The monoisotopic (exact) mass is 394 g/mol. The lowest BCUT2D eigenvalue weighted by molar-refractivity contribution is -0.384. The zero-order valence-corrected chi connectivity index (χ0v) is 14.6. The van der Waals surface area contributed by atoms with Gasteiger partial charge in [0, 0.05) is 28.6 Å². The van der Waals surface area contributed by atoms with Crippen molar-refractivity contribution in [2.45, 2.75) is 24.6 Å². The van der Waals surface area contributed by atoms with Crippen LogP contribution >= 0.6 is 11.6 Å². The molecule has 0 bridgehead atoms. The van der Waals surface area contributed by atoms with Gasteiger partial charge < -0.3 is 5.32 Å². The summed E-state index contributed by atoms with van der Waals surface area (Å²) in [6, 6.07) is 7.79. The van der Waals surface area contributed by atoms with Gasteiger partial charge in [-0.05, 0) is 30.0 Å². The average molecular weight is 395 g/mol. The third-order valence-corrected chi connectivity index (χ3v) is 5.56. The Kier molecular flexibility index (Phi) is 4.14. The number of hydrogen-bond donors (Lipinski definition) is 1. The number of rotatable bonds is 2. The molecule has 1 heterocycles. The summed E-state index contributed by atoms with van der Waals surface area (Å²) in [4.78, 5) is 10.4. The molecule has 8 heteroatoms. The van der Waals surface area contributed by atoms with Gasteiger partial charge in [0.15, 0.2) is 0 Å². The van der Waals surface area contributed by atoms with Crippen LogP contribution in [0.25, 0.3) is 0 Å². The molecule has 3 atom stereocenters. The number of nitrogens with zero attached hydrogens (tertiary/aromatic N) is 1. The topological polar surface area (TPSA) is 55.2 Å². The maximum Gasteiger partial charge on any atom is 0.418 e.